The Labute approximate surface area is 204 Å². The Morgan fingerprint density at radius 2 is 1.00 bits per heavy atom. The molecule has 2 aromatic rings. The number of ether oxygens (including phenoxy) is 2. The van der Waals surface area contributed by atoms with E-state index in [4.69, 9.17) is 9.47 Å². The van der Waals surface area contributed by atoms with E-state index >= 15 is 0 Å². The number of para-hydroxylation sites is 2. The molecule has 0 heterocycles. The first kappa shape index (κ1) is 27.2. The molecular weight excluding hydrogens is 428 g/mol. The van der Waals surface area contributed by atoms with Crippen LogP contribution in [-0.4, -0.2) is 38.1 Å². The van der Waals surface area contributed by atoms with Gasteiger partial charge in [0.25, 0.3) is 11.8 Å². The van der Waals surface area contributed by atoms with Gasteiger partial charge in [0.1, 0.15) is 11.5 Å². The Morgan fingerprint density at radius 1 is 0.618 bits per heavy atom. The van der Waals surface area contributed by atoms with Crippen LogP contribution in [0, 0.1) is 0 Å². The van der Waals surface area contributed by atoms with Crippen molar-refractivity contribution >= 4 is 11.8 Å². The van der Waals surface area contributed by atoms with Gasteiger partial charge in [-0.3, -0.25) is 9.59 Å². The molecular formula is C28H40N2O4. The van der Waals surface area contributed by atoms with E-state index in [0.29, 0.717) is 48.9 Å². The van der Waals surface area contributed by atoms with Crippen molar-refractivity contribution in [2.45, 2.75) is 65.2 Å². The molecule has 0 atom stereocenters. The van der Waals surface area contributed by atoms with Crippen LogP contribution in [0.25, 0.3) is 0 Å². The first-order chi connectivity index (χ1) is 16.7. The second kappa shape index (κ2) is 16.6. The molecule has 2 rings (SSSR count). The van der Waals surface area contributed by atoms with Gasteiger partial charge in [-0.1, -0.05) is 63.8 Å². The Morgan fingerprint density at radius 3 is 1.41 bits per heavy atom. The molecule has 0 saturated carbocycles. The number of rotatable bonds is 17. The summed E-state index contributed by atoms with van der Waals surface area (Å²) in [5, 5.41) is 5.99. The molecule has 0 bridgehead atoms. The first-order valence-electron chi connectivity index (χ1n) is 12.7. The number of nitrogens with one attached hydrogen (secondary N) is 2. The van der Waals surface area contributed by atoms with E-state index in [1.54, 1.807) is 12.1 Å². The first-order valence-corrected chi connectivity index (χ1v) is 12.7. The average molecular weight is 469 g/mol. The van der Waals surface area contributed by atoms with Crippen LogP contribution in [0.1, 0.15) is 85.9 Å². The maximum absolute atomic E-state index is 12.4. The molecule has 0 saturated heterocycles. The Hall–Kier alpha value is -3.02. The number of unbranched alkanes of at least 4 members (excludes halogenated alkanes) is 5. The average Bonchev–Trinajstić information content (AvgIpc) is 2.87. The van der Waals surface area contributed by atoms with Gasteiger partial charge in [-0.25, -0.2) is 0 Å². The van der Waals surface area contributed by atoms with Crippen molar-refractivity contribution in [1.29, 1.82) is 0 Å². The van der Waals surface area contributed by atoms with E-state index < -0.39 is 0 Å². The third-order valence-corrected chi connectivity index (χ3v) is 5.36. The summed E-state index contributed by atoms with van der Waals surface area (Å²) in [4.78, 5) is 24.9. The predicted molar refractivity (Wildman–Crippen MR) is 137 cm³/mol. The largest absolute Gasteiger partial charge is 0.493 e. The van der Waals surface area contributed by atoms with Crippen molar-refractivity contribution in [3.8, 4) is 11.5 Å². The Balaban J connectivity index is 1.54. The molecule has 0 aliphatic heterocycles. The normalized spacial score (nSPS) is 10.5. The zero-order valence-electron chi connectivity index (χ0n) is 20.7. The van der Waals surface area contributed by atoms with E-state index in [1.807, 2.05) is 50.2 Å². The van der Waals surface area contributed by atoms with Crippen molar-refractivity contribution < 1.29 is 19.1 Å². The molecule has 186 valence electrons. The molecule has 0 fully saturated rings. The van der Waals surface area contributed by atoms with Crippen LogP contribution >= 0.6 is 0 Å². The van der Waals surface area contributed by atoms with Crippen LogP contribution < -0.4 is 20.1 Å². The summed E-state index contributed by atoms with van der Waals surface area (Å²) >= 11 is 0. The fraction of sp³-hybridized carbons (Fsp3) is 0.500. The SMILES string of the molecule is CCCOc1ccccc1C(=O)NCCCCCCCCNC(=O)c1ccccc1OCCC. The van der Waals surface area contributed by atoms with Gasteiger partial charge in [-0.15, -0.1) is 0 Å². The lowest BCUT2D eigenvalue weighted by Gasteiger charge is -2.11. The van der Waals surface area contributed by atoms with Gasteiger partial charge in [0, 0.05) is 13.1 Å². The second-order valence-corrected chi connectivity index (χ2v) is 8.32. The highest BCUT2D eigenvalue weighted by Crippen LogP contribution is 2.19. The quantitative estimate of drug-likeness (QED) is 0.289. The third-order valence-electron chi connectivity index (χ3n) is 5.36. The summed E-state index contributed by atoms with van der Waals surface area (Å²) < 4.78 is 11.3. The summed E-state index contributed by atoms with van der Waals surface area (Å²) in [6.45, 7) is 6.63. The third kappa shape index (κ3) is 9.86. The molecule has 0 spiro atoms. The van der Waals surface area contributed by atoms with Gasteiger partial charge in [-0.2, -0.15) is 0 Å². The number of hydrogen-bond acceptors (Lipinski definition) is 4. The van der Waals surface area contributed by atoms with Crippen molar-refractivity contribution in [1.82, 2.24) is 10.6 Å². The summed E-state index contributed by atoms with van der Waals surface area (Å²) in [5.74, 6) is 1.13. The lowest BCUT2D eigenvalue weighted by molar-refractivity contribution is 0.0940. The van der Waals surface area contributed by atoms with Crippen LogP contribution in [0.5, 0.6) is 11.5 Å². The van der Waals surface area contributed by atoms with Crippen LogP contribution in [0.15, 0.2) is 48.5 Å². The van der Waals surface area contributed by atoms with E-state index in [1.165, 1.54) is 0 Å². The van der Waals surface area contributed by atoms with Gasteiger partial charge >= 0.3 is 0 Å². The lowest BCUT2D eigenvalue weighted by Crippen LogP contribution is -2.25. The molecule has 0 unspecified atom stereocenters. The molecule has 34 heavy (non-hydrogen) atoms. The number of carbonyl (C=O) groups excluding carboxylic acids is 2. The van der Waals surface area contributed by atoms with Gasteiger partial charge < -0.3 is 20.1 Å². The van der Waals surface area contributed by atoms with E-state index in [0.717, 1.165) is 51.4 Å². The molecule has 6 heteroatoms. The lowest BCUT2D eigenvalue weighted by atomic mass is 10.1. The minimum Gasteiger partial charge on any atom is -0.493 e. The molecule has 0 aromatic heterocycles. The summed E-state index contributed by atoms with van der Waals surface area (Å²) in [5.41, 5.74) is 1.19. The number of amides is 2. The van der Waals surface area contributed by atoms with Gasteiger partial charge in [-0.05, 0) is 49.9 Å². The highest BCUT2D eigenvalue weighted by atomic mass is 16.5. The van der Waals surface area contributed by atoms with Crippen molar-refractivity contribution in [2.24, 2.45) is 0 Å². The molecule has 0 aliphatic carbocycles. The second-order valence-electron chi connectivity index (χ2n) is 8.32. The Kier molecular flexibility index (Phi) is 13.3. The molecule has 2 aromatic carbocycles. The van der Waals surface area contributed by atoms with Gasteiger partial charge in [0.05, 0.1) is 24.3 Å². The zero-order valence-corrected chi connectivity index (χ0v) is 20.7. The monoisotopic (exact) mass is 468 g/mol. The predicted octanol–water partition coefficient (Wildman–Crippen LogP) is 5.76. The van der Waals surface area contributed by atoms with Gasteiger partial charge in [0.15, 0.2) is 0 Å². The highest BCUT2D eigenvalue weighted by molar-refractivity contribution is 5.97. The highest BCUT2D eigenvalue weighted by Gasteiger charge is 2.12. The summed E-state index contributed by atoms with van der Waals surface area (Å²) in [7, 11) is 0. The number of carbonyl (C=O) groups is 2. The number of benzene rings is 2. The van der Waals surface area contributed by atoms with Crippen molar-refractivity contribution in [3.05, 3.63) is 59.7 Å². The fourth-order valence-electron chi connectivity index (χ4n) is 3.54. The van der Waals surface area contributed by atoms with Gasteiger partial charge in [0.2, 0.25) is 0 Å². The standard InChI is InChI=1S/C28H40N2O4/c1-3-21-33-25-17-11-9-15-23(25)27(31)29-19-13-7-5-6-8-14-20-30-28(32)24-16-10-12-18-26(24)34-22-4-2/h9-12,15-18H,3-8,13-14,19-22H2,1-2H3,(H,29,31)(H,30,32). The minimum atomic E-state index is -0.0795. The molecule has 6 nitrogen and oxygen atoms in total. The van der Waals surface area contributed by atoms with Crippen LogP contribution in [-0.2, 0) is 0 Å². The van der Waals surface area contributed by atoms with Crippen LogP contribution in [0.3, 0.4) is 0 Å². The number of hydrogen-bond donors (Lipinski definition) is 2. The smallest absolute Gasteiger partial charge is 0.255 e. The van der Waals surface area contributed by atoms with Crippen LogP contribution in [0.2, 0.25) is 0 Å². The fourth-order valence-corrected chi connectivity index (χ4v) is 3.54. The van der Waals surface area contributed by atoms with E-state index in [9.17, 15) is 9.59 Å². The maximum atomic E-state index is 12.4. The summed E-state index contributed by atoms with van der Waals surface area (Å²) in [6.07, 6.45) is 8.10. The minimum absolute atomic E-state index is 0.0795. The van der Waals surface area contributed by atoms with Crippen molar-refractivity contribution in [2.75, 3.05) is 26.3 Å². The van der Waals surface area contributed by atoms with Crippen LogP contribution in [0.4, 0.5) is 0 Å². The molecule has 0 radical (unpaired) electrons. The summed E-state index contributed by atoms with van der Waals surface area (Å²) in [6, 6.07) is 14.8. The van der Waals surface area contributed by atoms with Crippen molar-refractivity contribution in [3.63, 3.8) is 0 Å². The Bertz CT molecular complexity index is 797. The topological polar surface area (TPSA) is 76.7 Å². The molecule has 0 aliphatic rings. The maximum Gasteiger partial charge on any atom is 0.255 e. The molecule has 2 amide bonds. The molecule has 2 N–H and O–H groups in total. The van der Waals surface area contributed by atoms with E-state index in [-0.39, 0.29) is 11.8 Å². The zero-order chi connectivity index (χ0) is 24.4. The van der Waals surface area contributed by atoms with E-state index in [2.05, 4.69) is 10.6 Å².